The van der Waals surface area contributed by atoms with Crippen molar-refractivity contribution in [3.63, 3.8) is 0 Å². The summed E-state index contributed by atoms with van der Waals surface area (Å²) in [7, 11) is 3.19. The number of carbonyl (C=O) groups excluding carboxylic acids is 2. The molecule has 2 aromatic carbocycles. The molecular formula is C28H29N3O6. The van der Waals surface area contributed by atoms with Crippen LogP contribution in [0.3, 0.4) is 0 Å². The van der Waals surface area contributed by atoms with Crippen LogP contribution in [-0.2, 0) is 13.2 Å². The van der Waals surface area contributed by atoms with Gasteiger partial charge in [-0.15, -0.1) is 0 Å². The molecule has 37 heavy (non-hydrogen) atoms. The zero-order chi connectivity index (χ0) is 26.5. The molecule has 0 unspecified atom stereocenters. The van der Waals surface area contributed by atoms with Gasteiger partial charge in [0.2, 0.25) is 0 Å². The van der Waals surface area contributed by atoms with Crippen LogP contribution in [-0.4, -0.2) is 35.7 Å². The van der Waals surface area contributed by atoms with Crippen LogP contribution in [0.15, 0.2) is 59.0 Å². The number of hydrogen-bond donors (Lipinski definition) is 1. The Morgan fingerprint density at radius 1 is 0.973 bits per heavy atom. The quantitative estimate of drug-likeness (QED) is 0.297. The van der Waals surface area contributed by atoms with E-state index in [-0.39, 0.29) is 24.1 Å². The number of aromatic nitrogens is 2. The van der Waals surface area contributed by atoms with Crippen molar-refractivity contribution in [3.05, 3.63) is 88.6 Å². The third kappa shape index (κ3) is 5.83. The summed E-state index contributed by atoms with van der Waals surface area (Å²) >= 11 is 0. The summed E-state index contributed by atoms with van der Waals surface area (Å²) in [4.78, 5) is 24.3. The number of carbonyl (C=O) groups is 2. The Bertz CT molecular complexity index is 1420. The van der Waals surface area contributed by atoms with Gasteiger partial charge in [-0.1, -0.05) is 6.07 Å². The number of rotatable bonds is 10. The van der Waals surface area contributed by atoms with Gasteiger partial charge < -0.3 is 23.9 Å². The fourth-order valence-corrected chi connectivity index (χ4v) is 3.88. The maximum Gasteiger partial charge on any atom is 0.291 e. The van der Waals surface area contributed by atoms with Crippen LogP contribution >= 0.6 is 0 Å². The third-order valence-electron chi connectivity index (χ3n) is 5.93. The highest BCUT2D eigenvalue weighted by Gasteiger charge is 2.18. The Morgan fingerprint density at radius 2 is 1.70 bits per heavy atom. The van der Waals surface area contributed by atoms with Gasteiger partial charge in [0.05, 0.1) is 37.8 Å². The van der Waals surface area contributed by atoms with Gasteiger partial charge >= 0.3 is 0 Å². The van der Waals surface area contributed by atoms with E-state index in [2.05, 4.69) is 10.4 Å². The molecule has 0 aliphatic rings. The topological polar surface area (TPSA) is 105 Å². The van der Waals surface area contributed by atoms with Crippen molar-refractivity contribution >= 4 is 17.4 Å². The summed E-state index contributed by atoms with van der Waals surface area (Å²) in [6.07, 6.45) is 0. The maximum atomic E-state index is 12.9. The molecule has 2 heterocycles. The number of hydrogen-bond acceptors (Lipinski definition) is 7. The van der Waals surface area contributed by atoms with E-state index in [1.165, 1.54) is 6.92 Å². The molecule has 0 aliphatic carbocycles. The summed E-state index contributed by atoms with van der Waals surface area (Å²) in [5, 5.41) is 7.51. The summed E-state index contributed by atoms with van der Waals surface area (Å²) < 4.78 is 23.9. The average Bonchev–Trinajstić information content (AvgIpc) is 3.48. The summed E-state index contributed by atoms with van der Waals surface area (Å²) in [6.45, 7) is 5.89. The van der Waals surface area contributed by atoms with Crippen LogP contribution in [0.25, 0.3) is 0 Å². The molecular weight excluding hydrogens is 474 g/mol. The normalized spacial score (nSPS) is 10.7. The third-order valence-corrected chi connectivity index (χ3v) is 5.93. The summed E-state index contributed by atoms with van der Waals surface area (Å²) in [6, 6.07) is 15.8. The zero-order valence-corrected chi connectivity index (χ0v) is 21.5. The van der Waals surface area contributed by atoms with Crippen LogP contribution in [0.4, 0.5) is 5.69 Å². The minimum absolute atomic E-state index is 0.00906. The fraction of sp³-hybridized carbons (Fsp3) is 0.250. The van der Waals surface area contributed by atoms with E-state index in [1.807, 2.05) is 36.7 Å². The van der Waals surface area contributed by atoms with Crippen molar-refractivity contribution in [1.82, 2.24) is 9.78 Å². The number of nitrogens with one attached hydrogen (secondary N) is 1. The van der Waals surface area contributed by atoms with Crippen molar-refractivity contribution in [2.45, 2.75) is 33.9 Å². The molecule has 1 N–H and O–H groups in total. The van der Waals surface area contributed by atoms with Gasteiger partial charge in [-0.25, -0.2) is 0 Å². The first-order chi connectivity index (χ1) is 17.8. The molecule has 0 atom stereocenters. The van der Waals surface area contributed by atoms with Crippen LogP contribution in [0.5, 0.6) is 17.2 Å². The van der Waals surface area contributed by atoms with E-state index in [0.717, 1.165) is 11.3 Å². The predicted molar refractivity (Wildman–Crippen MR) is 138 cm³/mol. The SMILES string of the molecule is COc1ccc(Cn2nc(C)c(NC(=O)c3ccc(COc4ccc(C(C)=O)cc4)o3)c2C)cc1OC. The number of nitrogens with zero attached hydrogens (tertiary/aromatic N) is 2. The van der Waals surface area contributed by atoms with Crippen LogP contribution in [0, 0.1) is 13.8 Å². The predicted octanol–water partition coefficient (Wildman–Crippen LogP) is 5.19. The fourth-order valence-electron chi connectivity index (χ4n) is 3.88. The Hall–Kier alpha value is -4.53. The van der Waals surface area contributed by atoms with E-state index >= 15 is 0 Å². The number of ether oxygens (including phenoxy) is 3. The number of Topliss-reactive ketones (excluding diaryl/α,β-unsaturated/α-hetero) is 1. The number of anilines is 1. The molecule has 0 aliphatic heterocycles. The van der Waals surface area contributed by atoms with E-state index in [1.54, 1.807) is 50.6 Å². The van der Waals surface area contributed by atoms with Gasteiger partial charge in [-0.2, -0.15) is 5.10 Å². The molecule has 0 fully saturated rings. The highest BCUT2D eigenvalue weighted by atomic mass is 16.5. The summed E-state index contributed by atoms with van der Waals surface area (Å²) in [5.41, 5.74) is 3.72. The number of aryl methyl sites for hydroxylation is 1. The molecule has 2 aromatic heterocycles. The highest BCUT2D eigenvalue weighted by molar-refractivity contribution is 6.03. The number of ketones is 1. The molecule has 0 saturated heterocycles. The number of methoxy groups -OCH3 is 2. The van der Waals surface area contributed by atoms with Gasteiger partial charge in [-0.3, -0.25) is 14.3 Å². The average molecular weight is 504 g/mol. The molecule has 4 aromatic rings. The lowest BCUT2D eigenvalue weighted by molar-refractivity contribution is 0.0990. The second-order valence-electron chi connectivity index (χ2n) is 8.48. The minimum atomic E-state index is -0.381. The first-order valence-electron chi connectivity index (χ1n) is 11.7. The van der Waals surface area contributed by atoms with Crippen LogP contribution in [0.1, 0.15) is 50.5 Å². The van der Waals surface area contributed by atoms with Gasteiger partial charge in [0.25, 0.3) is 5.91 Å². The molecule has 0 bridgehead atoms. The largest absolute Gasteiger partial charge is 0.493 e. The molecule has 192 valence electrons. The molecule has 1 amide bonds. The lowest BCUT2D eigenvalue weighted by Gasteiger charge is -2.11. The van der Waals surface area contributed by atoms with E-state index in [0.29, 0.717) is 46.5 Å². The minimum Gasteiger partial charge on any atom is -0.493 e. The Kier molecular flexibility index (Phi) is 7.62. The standard InChI is InChI=1S/C28H29N3O6/c1-17-27(18(2)31(30-17)15-20-6-12-24(34-4)26(14-20)35-5)29-28(33)25-13-11-23(37-25)16-36-22-9-7-21(8-10-22)19(3)32/h6-14H,15-16H2,1-5H3,(H,29,33). The first-order valence-corrected chi connectivity index (χ1v) is 11.7. The molecule has 0 saturated carbocycles. The van der Waals surface area contributed by atoms with Crippen LogP contribution < -0.4 is 19.5 Å². The van der Waals surface area contributed by atoms with Crippen molar-refractivity contribution < 1.29 is 28.2 Å². The Labute approximate surface area is 215 Å². The molecule has 9 heteroatoms. The van der Waals surface area contributed by atoms with E-state index in [4.69, 9.17) is 18.6 Å². The number of benzene rings is 2. The zero-order valence-electron chi connectivity index (χ0n) is 21.5. The van der Waals surface area contributed by atoms with Gasteiger partial charge in [0, 0.05) is 5.56 Å². The smallest absolute Gasteiger partial charge is 0.291 e. The van der Waals surface area contributed by atoms with Gasteiger partial charge in [0.15, 0.2) is 23.0 Å². The first kappa shape index (κ1) is 25.6. The molecule has 0 spiro atoms. The second-order valence-corrected chi connectivity index (χ2v) is 8.48. The number of amides is 1. The van der Waals surface area contributed by atoms with Crippen molar-refractivity contribution in [2.24, 2.45) is 0 Å². The van der Waals surface area contributed by atoms with Crippen LogP contribution in [0.2, 0.25) is 0 Å². The van der Waals surface area contributed by atoms with E-state index < -0.39 is 0 Å². The Balaban J connectivity index is 1.40. The van der Waals surface area contributed by atoms with Gasteiger partial charge in [0.1, 0.15) is 18.1 Å². The monoisotopic (exact) mass is 503 g/mol. The highest BCUT2D eigenvalue weighted by Crippen LogP contribution is 2.29. The summed E-state index contributed by atoms with van der Waals surface area (Å²) in [5.74, 6) is 2.16. The van der Waals surface area contributed by atoms with Crippen molar-refractivity contribution in [3.8, 4) is 17.2 Å². The lowest BCUT2D eigenvalue weighted by Crippen LogP contribution is -2.12. The van der Waals surface area contributed by atoms with Gasteiger partial charge in [-0.05, 0) is 74.9 Å². The molecule has 9 nitrogen and oxygen atoms in total. The Morgan fingerprint density at radius 3 is 2.38 bits per heavy atom. The second kappa shape index (κ2) is 11.0. The molecule has 4 rings (SSSR count). The number of furan rings is 1. The van der Waals surface area contributed by atoms with Crippen molar-refractivity contribution in [2.75, 3.05) is 19.5 Å². The lowest BCUT2D eigenvalue weighted by atomic mass is 10.1. The molecule has 0 radical (unpaired) electrons. The van der Waals surface area contributed by atoms with E-state index in [9.17, 15) is 9.59 Å². The van der Waals surface area contributed by atoms with Crippen molar-refractivity contribution in [1.29, 1.82) is 0 Å². The maximum absolute atomic E-state index is 12.9.